The molecule has 1 fully saturated rings. The second-order valence-corrected chi connectivity index (χ2v) is 6.49. The molecule has 0 unspecified atom stereocenters. The van der Waals surface area contributed by atoms with E-state index in [2.05, 4.69) is 34.1 Å². The highest BCUT2D eigenvalue weighted by Gasteiger charge is 2.19. The van der Waals surface area contributed by atoms with Gasteiger partial charge in [-0.1, -0.05) is 0 Å². The molecule has 1 aromatic carbocycles. The van der Waals surface area contributed by atoms with Gasteiger partial charge < -0.3 is 10.2 Å². The minimum absolute atomic E-state index is 0.134. The van der Waals surface area contributed by atoms with Crippen molar-refractivity contribution in [1.82, 2.24) is 14.7 Å². The van der Waals surface area contributed by atoms with E-state index in [-0.39, 0.29) is 5.91 Å². The second-order valence-electron chi connectivity index (χ2n) is 6.49. The molecule has 0 saturated carbocycles. The predicted molar refractivity (Wildman–Crippen MR) is 96.5 cm³/mol. The predicted octanol–water partition coefficient (Wildman–Crippen LogP) is 2.20. The van der Waals surface area contributed by atoms with Gasteiger partial charge >= 0.3 is 0 Å². The Hall–Kier alpha value is -2.34. The Bertz CT molecular complexity index is 684. The van der Waals surface area contributed by atoms with Crippen LogP contribution in [0.5, 0.6) is 0 Å². The van der Waals surface area contributed by atoms with Crippen molar-refractivity contribution in [3.05, 3.63) is 42.1 Å². The van der Waals surface area contributed by atoms with Crippen LogP contribution >= 0.6 is 0 Å². The van der Waals surface area contributed by atoms with Crippen LogP contribution in [-0.4, -0.2) is 52.8 Å². The highest BCUT2D eigenvalue weighted by molar-refractivity contribution is 6.03. The maximum Gasteiger partial charge on any atom is 0.256 e. The van der Waals surface area contributed by atoms with Crippen LogP contribution in [0.15, 0.2) is 36.5 Å². The molecule has 1 aliphatic heterocycles. The molecule has 24 heavy (non-hydrogen) atoms. The first-order valence-corrected chi connectivity index (χ1v) is 8.43. The van der Waals surface area contributed by atoms with Crippen LogP contribution in [0.2, 0.25) is 0 Å². The molecule has 1 amide bonds. The summed E-state index contributed by atoms with van der Waals surface area (Å²) in [6, 6.07) is 10.2. The van der Waals surface area contributed by atoms with Gasteiger partial charge in [0.05, 0.1) is 0 Å². The fourth-order valence-electron chi connectivity index (χ4n) is 2.99. The molecule has 0 radical (unpaired) electrons. The summed E-state index contributed by atoms with van der Waals surface area (Å²) in [5, 5.41) is 6.97. The van der Waals surface area contributed by atoms with Crippen LogP contribution in [0.25, 0.3) is 0 Å². The maximum absolute atomic E-state index is 12.2. The summed E-state index contributed by atoms with van der Waals surface area (Å²) in [7, 11) is 1.82. The summed E-state index contributed by atoms with van der Waals surface area (Å²) < 4.78 is 1.66. The van der Waals surface area contributed by atoms with Gasteiger partial charge in [0.1, 0.15) is 0 Å². The number of anilines is 2. The minimum atomic E-state index is -0.134. The Kier molecular flexibility index (Phi) is 4.85. The first kappa shape index (κ1) is 16.5. The third-order valence-electron chi connectivity index (χ3n) is 4.49. The quantitative estimate of drug-likeness (QED) is 0.935. The molecule has 3 rings (SSSR count). The topological polar surface area (TPSA) is 53.4 Å². The molecule has 1 aromatic heterocycles. The minimum Gasteiger partial charge on any atom is -0.369 e. The van der Waals surface area contributed by atoms with Crippen LogP contribution in [0.1, 0.15) is 24.2 Å². The van der Waals surface area contributed by atoms with E-state index in [1.54, 1.807) is 16.9 Å². The van der Waals surface area contributed by atoms with Gasteiger partial charge in [0.2, 0.25) is 0 Å². The fraction of sp³-hybridized carbons (Fsp3) is 0.444. The van der Waals surface area contributed by atoms with Crippen LogP contribution in [-0.2, 0) is 7.05 Å². The lowest BCUT2D eigenvalue weighted by Crippen LogP contribution is -2.48. The number of hydrogen-bond donors (Lipinski definition) is 1. The summed E-state index contributed by atoms with van der Waals surface area (Å²) in [6.07, 6.45) is 1.80. The van der Waals surface area contributed by atoms with Gasteiger partial charge in [0, 0.05) is 62.8 Å². The largest absolute Gasteiger partial charge is 0.369 e. The Morgan fingerprint density at radius 3 is 2.29 bits per heavy atom. The van der Waals surface area contributed by atoms with Crippen LogP contribution < -0.4 is 10.2 Å². The SMILES string of the molecule is CC(C)N1CCN(c2ccc(C(=O)Nc3ccn(C)n3)cc2)CC1. The van der Waals surface area contributed by atoms with Gasteiger partial charge in [0.25, 0.3) is 5.91 Å². The normalized spacial score (nSPS) is 15.8. The van der Waals surface area contributed by atoms with E-state index in [9.17, 15) is 4.79 Å². The van der Waals surface area contributed by atoms with E-state index in [1.807, 2.05) is 31.3 Å². The second kappa shape index (κ2) is 7.05. The molecule has 0 aliphatic carbocycles. The number of carbonyl (C=O) groups excluding carboxylic acids is 1. The van der Waals surface area contributed by atoms with E-state index >= 15 is 0 Å². The highest BCUT2D eigenvalue weighted by Crippen LogP contribution is 2.18. The van der Waals surface area contributed by atoms with Crippen molar-refractivity contribution in [2.24, 2.45) is 7.05 Å². The number of aryl methyl sites for hydroxylation is 1. The molecule has 6 nitrogen and oxygen atoms in total. The number of benzene rings is 1. The Labute approximate surface area is 143 Å². The molecular weight excluding hydrogens is 302 g/mol. The smallest absolute Gasteiger partial charge is 0.256 e. The van der Waals surface area contributed by atoms with E-state index in [4.69, 9.17) is 0 Å². The number of nitrogens with one attached hydrogen (secondary N) is 1. The third kappa shape index (κ3) is 3.76. The zero-order valence-electron chi connectivity index (χ0n) is 14.6. The van der Waals surface area contributed by atoms with Gasteiger partial charge in [0.15, 0.2) is 5.82 Å². The number of rotatable bonds is 4. The first-order chi connectivity index (χ1) is 11.5. The summed E-state index contributed by atoms with van der Waals surface area (Å²) in [4.78, 5) is 17.1. The molecule has 128 valence electrons. The Morgan fingerprint density at radius 1 is 1.08 bits per heavy atom. The number of nitrogens with zero attached hydrogens (tertiary/aromatic N) is 4. The van der Waals surface area contributed by atoms with Crippen molar-refractivity contribution in [2.75, 3.05) is 36.4 Å². The van der Waals surface area contributed by atoms with Crippen molar-refractivity contribution in [3.63, 3.8) is 0 Å². The molecule has 2 aromatic rings. The molecule has 1 aliphatic rings. The summed E-state index contributed by atoms with van der Waals surface area (Å²) in [5.74, 6) is 0.432. The van der Waals surface area contributed by atoms with Gasteiger partial charge in [-0.05, 0) is 38.1 Å². The molecule has 0 bridgehead atoms. The van der Waals surface area contributed by atoms with Gasteiger partial charge in [-0.3, -0.25) is 14.4 Å². The molecule has 1 saturated heterocycles. The van der Waals surface area contributed by atoms with Crippen LogP contribution in [0.3, 0.4) is 0 Å². The van der Waals surface area contributed by atoms with E-state index in [0.717, 1.165) is 26.2 Å². The van der Waals surface area contributed by atoms with Crippen molar-refractivity contribution in [1.29, 1.82) is 0 Å². The number of amides is 1. The zero-order chi connectivity index (χ0) is 17.1. The van der Waals surface area contributed by atoms with E-state index in [1.165, 1.54) is 5.69 Å². The Morgan fingerprint density at radius 2 is 1.75 bits per heavy atom. The van der Waals surface area contributed by atoms with Crippen molar-refractivity contribution >= 4 is 17.4 Å². The summed E-state index contributed by atoms with van der Waals surface area (Å²) in [5.41, 5.74) is 1.82. The first-order valence-electron chi connectivity index (χ1n) is 8.43. The fourth-order valence-corrected chi connectivity index (χ4v) is 2.99. The van der Waals surface area contributed by atoms with Gasteiger partial charge in [-0.25, -0.2) is 0 Å². The van der Waals surface area contributed by atoms with Gasteiger partial charge in [-0.2, -0.15) is 5.10 Å². The number of aromatic nitrogens is 2. The van der Waals surface area contributed by atoms with Crippen molar-refractivity contribution in [3.8, 4) is 0 Å². The maximum atomic E-state index is 12.2. The standard InChI is InChI=1S/C18H25N5O/c1-14(2)22-10-12-23(13-11-22)16-6-4-15(5-7-16)18(24)19-17-8-9-21(3)20-17/h4-9,14H,10-13H2,1-3H3,(H,19,20,24). The molecular formula is C18H25N5O. The van der Waals surface area contributed by atoms with Gasteiger partial charge in [-0.15, -0.1) is 0 Å². The number of piperazine rings is 1. The molecule has 0 atom stereocenters. The molecule has 0 spiro atoms. The monoisotopic (exact) mass is 327 g/mol. The van der Waals surface area contributed by atoms with Crippen molar-refractivity contribution < 1.29 is 4.79 Å². The lowest BCUT2D eigenvalue weighted by Gasteiger charge is -2.38. The van der Waals surface area contributed by atoms with E-state index in [0.29, 0.717) is 17.4 Å². The zero-order valence-corrected chi connectivity index (χ0v) is 14.6. The molecule has 6 heteroatoms. The summed E-state index contributed by atoms with van der Waals surface area (Å²) in [6.45, 7) is 8.70. The summed E-state index contributed by atoms with van der Waals surface area (Å²) >= 11 is 0. The van der Waals surface area contributed by atoms with Crippen molar-refractivity contribution in [2.45, 2.75) is 19.9 Å². The van der Waals surface area contributed by atoms with E-state index < -0.39 is 0 Å². The lowest BCUT2D eigenvalue weighted by molar-refractivity contribution is 0.102. The number of hydrogen-bond acceptors (Lipinski definition) is 4. The molecule has 1 N–H and O–H groups in total. The Balaban J connectivity index is 1.60. The molecule has 2 heterocycles. The average Bonchev–Trinajstić information content (AvgIpc) is 3.00. The highest BCUT2D eigenvalue weighted by atomic mass is 16.1. The average molecular weight is 327 g/mol. The number of carbonyl (C=O) groups is 1. The van der Waals surface area contributed by atoms with Crippen LogP contribution in [0.4, 0.5) is 11.5 Å². The third-order valence-corrected chi connectivity index (χ3v) is 4.49. The lowest BCUT2D eigenvalue weighted by atomic mass is 10.1. The van der Waals surface area contributed by atoms with Crippen LogP contribution in [0, 0.1) is 0 Å².